The van der Waals surface area contributed by atoms with Gasteiger partial charge in [-0.25, -0.2) is 4.79 Å². The molecule has 1 aliphatic heterocycles. The Morgan fingerprint density at radius 2 is 1.83 bits per heavy atom. The van der Waals surface area contributed by atoms with Crippen LogP contribution in [0, 0.1) is 0 Å². The van der Waals surface area contributed by atoms with E-state index in [1.54, 1.807) is 0 Å². The Labute approximate surface area is 106 Å². The third kappa shape index (κ3) is 2.35. The van der Waals surface area contributed by atoms with Crippen LogP contribution in [0.15, 0.2) is 0 Å². The van der Waals surface area contributed by atoms with Gasteiger partial charge < -0.3 is 20.8 Å². The second-order valence-electron chi connectivity index (χ2n) is 5.42. The highest BCUT2D eigenvalue weighted by Crippen LogP contribution is 2.30. The number of hydrogen-bond donors (Lipinski definition) is 3. The topological polar surface area (TPSA) is 104 Å². The molecular formula is C12H20N2O4. The molecule has 102 valence electrons. The monoisotopic (exact) mass is 256 g/mol. The van der Waals surface area contributed by atoms with Crippen molar-refractivity contribution < 1.29 is 19.8 Å². The molecule has 2 rings (SSSR count). The molecule has 1 heterocycles. The molecule has 4 N–H and O–H groups in total. The Morgan fingerprint density at radius 3 is 2.39 bits per heavy atom. The smallest absolute Gasteiger partial charge is 0.326 e. The van der Waals surface area contributed by atoms with Crippen molar-refractivity contribution in [2.75, 3.05) is 6.54 Å². The van der Waals surface area contributed by atoms with E-state index >= 15 is 0 Å². The number of nitrogens with two attached hydrogens (primary N) is 1. The van der Waals surface area contributed by atoms with Gasteiger partial charge in [-0.2, -0.15) is 0 Å². The molecule has 0 bridgehead atoms. The van der Waals surface area contributed by atoms with Crippen molar-refractivity contribution in [2.45, 2.75) is 56.2 Å². The maximum atomic E-state index is 12.4. The van der Waals surface area contributed by atoms with E-state index in [-0.39, 0.29) is 18.9 Å². The molecule has 0 radical (unpaired) electrons. The average molecular weight is 256 g/mol. The summed E-state index contributed by atoms with van der Waals surface area (Å²) in [5.74, 6) is -1.38. The van der Waals surface area contributed by atoms with E-state index in [9.17, 15) is 14.7 Å². The van der Waals surface area contributed by atoms with Crippen LogP contribution in [-0.2, 0) is 9.59 Å². The van der Waals surface area contributed by atoms with Crippen molar-refractivity contribution >= 4 is 11.9 Å². The van der Waals surface area contributed by atoms with Gasteiger partial charge in [0.2, 0.25) is 5.91 Å². The minimum Gasteiger partial charge on any atom is -0.480 e. The lowest BCUT2D eigenvalue weighted by Crippen LogP contribution is -2.58. The minimum atomic E-state index is -1.07. The molecule has 0 aromatic rings. The molecule has 2 atom stereocenters. The van der Waals surface area contributed by atoms with Crippen molar-refractivity contribution in [1.82, 2.24) is 4.90 Å². The van der Waals surface area contributed by atoms with Crippen LogP contribution < -0.4 is 5.73 Å². The number of likely N-dealkylation sites (tertiary alicyclic amines) is 1. The highest BCUT2D eigenvalue weighted by Gasteiger charge is 2.46. The third-order valence-electron chi connectivity index (χ3n) is 4.00. The Morgan fingerprint density at radius 1 is 1.22 bits per heavy atom. The van der Waals surface area contributed by atoms with E-state index in [0.29, 0.717) is 12.8 Å². The number of carbonyl (C=O) groups excluding carboxylic acids is 1. The number of aliphatic hydroxyl groups is 1. The largest absolute Gasteiger partial charge is 0.480 e. The highest BCUT2D eigenvalue weighted by atomic mass is 16.4. The fraction of sp³-hybridized carbons (Fsp3) is 0.833. The predicted octanol–water partition coefficient (Wildman–Crippen LogP) is -0.306. The van der Waals surface area contributed by atoms with Crippen LogP contribution in [0.3, 0.4) is 0 Å². The predicted molar refractivity (Wildman–Crippen MR) is 63.8 cm³/mol. The number of aliphatic hydroxyl groups excluding tert-OH is 1. The summed E-state index contributed by atoms with van der Waals surface area (Å²) in [4.78, 5) is 24.8. The first kappa shape index (κ1) is 13.3. The first-order valence-corrected chi connectivity index (χ1v) is 6.45. The highest BCUT2D eigenvalue weighted by molar-refractivity contribution is 5.90. The molecule has 0 unspecified atom stereocenters. The van der Waals surface area contributed by atoms with Crippen molar-refractivity contribution in [2.24, 2.45) is 5.73 Å². The third-order valence-corrected chi connectivity index (χ3v) is 4.00. The zero-order chi connectivity index (χ0) is 13.3. The first-order chi connectivity index (χ1) is 8.44. The molecule has 0 aromatic heterocycles. The fourth-order valence-electron chi connectivity index (χ4n) is 2.95. The number of carboxylic acids is 1. The number of nitrogens with zero attached hydrogens (tertiary/aromatic N) is 1. The molecule has 6 nitrogen and oxygen atoms in total. The first-order valence-electron chi connectivity index (χ1n) is 6.45. The van der Waals surface area contributed by atoms with Gasteiger partial charge in [0, 0.05) is 13.0 Å². The molecule has 1 saturated heterocycles. The van der Waals surface area contributed by atoms with Gasteiger partial charge in [-0.3, -0.25) is 4.79 Å². The van der Waals surface area contributed by atoms with Crippen LogP contribution in [0.25, 0.3) is 0 Å². The summed E-state index contributed by atoms with van der Waals surface area (Å²) in [6.07, 6.45) is 3.40. The van der Waals surface area contributed by atoms with Crippen molar-refractivity contribution in [3.63, 3.8) is 0 Å². The summed E-state index contributed by atoms with van der Waals surface area (Å²) >= 11 is 0. The standard InChI is InChI=1S/C12H20N2O4/c13-12(4-2-1-3-5-12)11(18)14-7-8(15)6-9(14)10(16)17/h8-9,15H,1-7,13H2,(H,16,17)/t8-,9-/m1/s1. The van der Waals surface area contributed by atoms with E-state index in [2.05, 4.69) is 0 Å². The molecule has 0 spiro atoms. The van der Waals surface area contributed by atoms with E-state index in [0.717, 1.165) is 19.3 Å². The summed E-state index contributed by atoms with van der Waals surface area (Å²) in [7, 11) is 0. The molecule has 1 amide bonds. The summed E-state index contributed by atoms with van der Waals surface area (Å²) in [6, 6.07) is -0.935. The molecular weight excluding hydrogens is 236 g/mol. The molecule has 2 aliphatic rings. The second kappa shape index (κ2) is 4.85. The quantitative estimate of drug-likeness (QED) is 0.629. The van der Waals surface area contributed by atoms with Crippen molar-refractivity contribution in [3.8, 4) is 0 Å². The molecule has 0 aromatic carbocycles. The number of hydrogen-bond acceptors (Lipinski definition) is 4. The Hall–Kier alpha value is -1.14. The van der Waals surface area contributed by atoms with Gasteiger partial charge in [0.05, 0.1) is 11.6 Å². The molecule has 1 aliphatic carbocycles. The van der Waals surface area contributed by atoms with Gasteiger partial charge in [-0.1, -0.05) is 19.3 Å². The second-order valence-corrected chi connectivity index (χ2v) is 5.42. The van der Waals surface area contributed by atoms with Gasteiger partial charge in [0.15, 0.2) is 0 Å². The zero-order valence-corrected chi connectivity index (χ0v) is 10.3. The lowest BCUT2D eigenvalue weighted by atomic mass is 9.81. The number of amides is 1. The van der Waals surface area contributed by atoms with Crippen molar-refractivity contribution in [1.29, 1.82) is 0 Å². The van der Waals surface area contributed by atoms with E-state index < -0.39 is 23.7 Å². The number of β-amino-alcohol motifs (C(OH)–C–C–N with tert-alkyl or cyclic N) is 1. The normalized spacial score (nSPS) is 31.3. The van der Waals surface area contributed by atoms with Gasteiger partial charge in [-0.15, -0.1) is 0 Å². The summed E-state index contributed by atoms with van der Waals surface area (Å²) < 4.78 is 0. The Bertz CT molecular complexity index is 352. The van der Waals surface area contributed by atoms with Gasteiger partial charge in [-0.05, 0) is 12.8 Å². The Balaban J connectivity index is 2.14. The lowest BCUT2D eigenvalue weighted by molar-refractivity contribution is -0.151. The van der Waals surface area contributed by atoms with Crippen LogP contribution >= 0.6 is 0 Å². The fourth-order valence-corrected chi connectivity index (χ4v) is 2.95. The van der Waals surface area contributed by atoms with Crippen LogP contribution in [0.1, 0.15) is 38.5 Å². The van der Waals surface area contributed by atoms with Crippen LogP contribution in [-0.4, -0.2) is 51.2 Å². The van der Waals surface area contributed by atoms with Gasteiger partial charge >= 0.3 is 5.97 Å². The van der Waals surface area contributed by atoms with Crippen molar-refractivity contribution in [3.05, 3.63) is 0 Å². The maximum absolute atomic E-state index is 12.4. The van der Waals surface area contributed by atoms with Gasteiger partial charge in [0.1, 0.15) is 6.04 Å². The zero-order valence-electron chi connectivity index (χ0n) is 10.3. The molecule has 18 heavy (non-hydrogen) atoms. The minimum absolute atomic E-state index is 0.0781. The average Bonchev–Trinajstić information content (AvgIpc) is 2.71. The summed E-state index contributed by atoms with van der Waals surface area (Å²) in [6.45, 7) is 0.0781. The maximum Gasteiger partial charge on any atom is 0.326 e. The van der Waals surface area contributed by atoms with E-state index in [1.165, 1.54) is 4.90 Å². The number of carbonyl (C=O) groups is 2. The van der Waals surface area contributed by atoms with E-state index in [1.807, 2.05) is 0 Å². The number of carboxylic acid groups (broad SMARTS) is 1. The molecule has 6 heteroatoms. The lowest BCUT2D eigenvalue weighted by Gasteiger charge is -2.36. The summed E-state index contributed by atoms with van der Waals surface area (Å²) in [5, 5.41) is 18.6. The van der Waals surface area contributed by atoms with E-state index in [4.69, 9.17) is 10.8 Å². The van der Waals surface area contributed by atoms with Crippen LogP contribution in [0.2, 0.25) is 0 Å². The summed E-state index contributed by atoms with van der Waals surface area (Å²) in [5.41, 5.74) is 5.19. The van der Waals surface area contributed by atoms with Gasteiger partial charge in [0.25, 0.3) is 0 Å². The Kier molecular flexibility index (Phi) is 3.59. The number of aliphatic carboxylic acids is 1. The van der Waals surface area contributed by atoms with Crippen LogP contribution in [0.4, 0.5) is 0 Å². The number of rotatable bonds is 2. The molecule has 2 fully saturated rings. The van der Waals surface area contributed by atoms with Crippen LogP contribution in [0.5, 0.6) is 0 Å². The SMILES string of the molecule is NC1(C(=O)N2C[C@H](O)C[C@@H]2C(=O)O)CCCCC1. The molecule has 1 saturated carbocycles.